The molecule has 1 aliphatic carbocycles. The van der Waals surface area contributed by atoms with E-state index in [1.807, 2.05) is 0 Å². The fraction of sp³-hybridized carbons (Fsp3) is 1.00. The Morgan fingerprint density at radius 3 is 2.62 bits per heavy atom. The van der Waals surface area contributed by atoms with E-state index in [0.29, 0.717) is 12.7 Å². The molecule has 0 aromatic carbocycles. The highest BCUT2D eigenvalue weighted by molar-refractivity contribution is 7.90. The zero-order valence-corrected chi connectivity index (χ0v) is 10.5. The van der Waals surface area contributed by atoms with Crippen molar-refractivity contribution in [2.75, 3.05) is 19.8 Å². The summed E-state index contributed by atoms with van der Waals surface area (Å²) in [5.41, 5.74) is 0. The van der Waals surface area contributed by atoms with Gasteiger partial charge in [0.1, 0.15) is 0 Å². The van der Waals surface area contributed by atoms with Gasteiger partial charge in [-0.25, -0.2) is 13.1 Å². The largest absolute Gasteiger partial charge is 0.395 e. The maximum Gasteiger partial charge on any atom is 0.216 e. The van der Waals surface area contributed by atoms with Crippen LogP contribution in [0.15, 0.2) is 0 Å². The Bertz CT molecular complexity index is 285. The molecule has 0 amide bonds. The molecule has 0 aromatic rings. The molecule has 1 fully saturated rings. The van der Waals surface area contributed by atoms with Gasteiger partial charge in [-0.05, 0) is 19.8 Å². The van der Waals surface area contributed by atoms with Gasteiger partial charge in [-0.1, -0.05) is 12.8 Å². The average molecular weight is 251 g/mol. The minimum Gasteiger partial charge on any atom is -0.395 e. The highest BCUT2D eigenvalue weighted by Crippen LogP contribution is 2.20. The summed E-state index contributed by atoms with van der Waals surface area (Å²) in [4.78, 5) is 0. The summed E-state index contributed by atoms with van der Waals surface area (Å²) >= 11 is 0. The summed E-state index contributed by atoms with van der Waals surface area (Å²) < 4.78 is 30.8. The van der Waals surface area contributed by atoms with Crippen LogP contribution in [-0.4, -0.2) is 44.6 Å². The first-order chi connectivity index (χ1) is 7.56. The lowest BCUT2D eigenvalue weighted by molar-refractivity contribution is 0.0626. The summed E-state index contributed by atoms with van der Waals surface area (Å²) in [6.07, 6.45) is 4.88. The molecule has 16 heavy (non-hydrogen) atoms. The van der Waals surface area contributed by atoms with E-state index in [9.17, 15) is 8.42 Å². The van der Waals surface area contributed by atoms with Gasteiger partial charge in [0, 0.05) is 6.54 Å². The smallest absolute Gasteiger partial charge is 0.216 e. The van der Waals surface area contributed by atoms with Gasteiger partial charge in [0.15, 0.2) is 0 Å². The van der Waals surface area contributed by atoms with Gasteiger partial charge in [-0.2, -0.15) is 0 Å². The van der Waals surface area contributed by atoms with E-state index in [0.717, 1.165) is 12.8 Å². The molecule has 0 spiro atoms. The molecule has 0 heterocycles. The van der Waals surface area contributed by atoms with Gasteiger partial charge in [0.2, 0.25) is 10.0 Å². The summed E-state index contributed by atoms with van der Waals surface area (Å²) in [5.74, 6) is 0. The molecule has 1 atom stereocenters. The first-order valence-electron chi connectivity index (χ1n) is 5.77. The molecular formula is C10H21NO4S. The number of nitrogens with one attached hydrogen (secondary N) is 1. The second-order valence-electron chi connectivity index (χ2n) is 4.21. The third kappa shape index (κ3) is 4.37. The Labute approximate surface area is 97.2 Å². The molecule has 0 bridgehead atoms. The van der Waals surface area contributed by atoms with E-state index in [1.165, 1.54) is 19.8 Å². The Balaban J connectivity index is 2.14. The van der Waals surface area contributed by atoms with E-state index >= 15 is 0 Å². The third-order valence-corrected chi connectivity index (χ3v) is 4.66. The van der Waals surface area contributed by atoms with Crippen molar-refractivity contribution >= 4 is 10.0 Å². The van der Waals surface area contributed by atoms with Gasteiger partial charge < -0.3 is 9.84 Å². The van der Waals surface area contributed by atoms with Crippen LogP contribution in [0, 0.1) is 0 Å². The molecule has 0 radical (unpaired) electrons. The zero-order valence-electron chi connectivity index (χ0n) is 9.68. The standard InChI is InChI=1S/C10H21NO4S/c1-9(8-12)16(13,14)11-6-7-15-10-4-2-3-5-10/h9-12H,2-8H2,1H3. The van der Waals surface area contributed by atoms with Gasteiger partial charge in [-0.15, -0.1) is 0 Å². The van der Waals surface area contributed by atoms with Crippen molar-refractivity contribution in [3.05, 3.63) is 0 Å². The number of ether oxygens (including phenoxy) is 1. The van der Waals surface area contributed by atoms with Crippen LogP contribution in [0.25, 0.3) is 0 Å². The predicted octanol–water partition coefficient (Wildman–Crippen LogP) is 0.246. The van der Waals surface area contributed by atoms with E-state index in [2.05, 4.69) is 4.72 Å². The predicted molar refractivity (Wildman–Crippen MR) is 61.7 cm³/mol. The summed E-state index contributed by atoms with van der Waals surface area (Å²) in [6, 6.07) is 0. The summed E-state index contributed by atoms with van der Waals surface area (Å²) in [6.45, 7) is 1.80. The fourth-order valence-corrected chi connectivity index (χ4v) is 2.55. The molecule has 1 rings (SSSR count). The SMILES string of the molecule is CC(CO)S(=O)(=O)NCCOC1CCCC1. The van der Waals surface area contributed by atoms with Crippen molar-refractivity contribution in [1.82, 2.24) is 4.72 Å². The molecule has 0 aliphatic heterocycles. The van der Waals surface area contributed by atoms with Crippen LogP contribution in [-0.2, 0) is 14.8 Å². The number of hydrogen-bond donors (Lipinski definition) is 2. The average Bonchev–Trinajstić information content (AvgIpc) is 2.76. The van der Waals surface area contributed by atoms with Crippen molar-refractivity contribution in [3.8, 4) is 0 Å². The topological polar surface area (TPSA) is 75.6 Å². The Morgan fingerprint density at radius 1 is 1.44 bits per heavy atom. The maximum atomic E-state index is 11.4. The van der Waals surface area contributed by atoms with E-state index in [1.54, 1.807) is 0 Å². The van der Waals surface area contributed by atoms with Crippen molar-refractivity contribution < 1.29 is 18.3 Å². The molecule has 1 unspecified atom stereocenters. The van der Waals surface area contributed by atoms with Crippen LogP contribution in [0.1, 0.15) is 32.6 Å². The second-order valence-corrected chi connectivity index (χ2v) is 6.39. The van der Waals surface area contributed by atoms with Crippen molar-refractivity contribution in [1.29, 1.82) is 0 Å². The Kier molecular flexibility index (Phi) is 5.68. The fourth-order valence-electron chi connectivity index (χ4n) is 1.70. The molecular weight excluding hydrogens is 230 g/mol. The highest BCUT2D eigenvalue weighted by atomic mass is 32.2. The van der Waals surface area contributed by atoms with Gasteiger partial charge in [-0.3, -0.25) is 0 Å². The van der Waals surface area contributed by atoms with Gasteiger partial charge in [0.05, 0.1) is 24.6 Å². The van der Waals surface area contributed by atoms with E-state index in [-0.39, 0.29) is 13.2 Å². The van der Waals surface area contributed by atoms with E-state index < -0.39 is 15.3 Å². The molecule has 5 nitrogen and oxygen atoms in total. The first kappa shape index (κ1) is 13.9. The molecule has 1 aliphatic rings. The zero-order chi connectivity index (χ0) is 12.0. The number of hydrogen-bond acceptors (Lipinski definition) is 4. The number of aliphatic hydroxyl groups excluding tert-OH is 1. The normalized spacial score (nSPS) is 20.1. The molecule has 0 saturated heterocycles. The molecule has 1 saturated carbocycles. The lowest BCUT2D eigenvalue weighted by Gasteiger charge is -2.13. The van der Waals surface area contributed by atoms with Crippen LogP contribution in [0.4, 0.5) is 0 Å². The summed E-state index contributed by atoms with van der Waals surface area (Å²) in [7, 11) is -3.39. The van der Waals surface area contributed by atoms with Crippen LogP contribution in [0.5, 0.6) is 0 Å². The number of rotatable bonds is 7. The Hall–Kier alpha value is -0.170. The van der Waals surface area contributed by atoms with Gasteiger partial charge >= 0.3 is 0 Å². The van der Waals surface area contributed by atoms with Crippen LogP contribution < -0.4 is 4.72 Å². The quantitative estimate of drug-likeness (QED) is 0.636. The molecule has 96 valence electrons. The monoisotopic (exact) mass is 251 g/mol. The van der Waals surface area contributed by atoms with Crippen LogP contribution >= 0.6 is 0 Å². The lowest BCUT2D eigenvalue weighted by Crippen LogP contribution is -2.36. The molecule has 6 heteroatoms. The van der Waals surface area contributed by atoms with Crippen molar-refractivity contribution in [2.45, 2.75) is 44.0 Å². The minimum absolute atomic E-state index is 0.281. The second kappa shape index (κ2) is 6.54. The number of aliphatic hydroxyl groups is 1. The minimum atomic E-state index is -3.39. The Morgan fingerprint density at radius 2 is 2.06 bits per heavy atom. The van der Waals surface area contributed by atoms with Crippen molar-refractivity contribution in [3.63, 3.8) is 0 Å². The maximum absolute atomic E-state index is 11.4. The van der Waals surface area contributed by atoms with Crippen LogP contribution in [0.3, 0.4) is 0 Å². The van der Waals surface area contributed by atoms with Crippen molar-refractivity contribution in [2.24, 2.45) is 0 Å². The van der Waals surface area contributed by atoms with E-state index in [4.69, 9.17) is 9.84 Å². The van der Waals surface area contributed by atoms with Gasteiger partial charge in [0.25, 0.3) is 0 Å². The third-order valence-electron chi connectivity index (χ3n) is 2.85. The molecule has 2 N–H and O–H groups in total. The first-order valence-corrected chi connectivity index (χ1v) is 7.32. The summed E-state index contributed by atoms with van der Waals surface area (Å²) in [5, 5.41) is 7.98. The molecule has 0 aromatic heterocycles. The van der Waals surface area contributed by atoms with Crippen LogP contribution in [0.2, 0.25) is 0 Å². The highest BCUT2D eigenvalue weighted by Gasteiger charge is 2.19. The number of sulfonamides is 1. The lowest BCUT2D eigenvalue weighted by atomic mass is 10.3.